The van der Waals surface area contributed by atoms with Crippen LogP contribution in [0.4, 0.5) is 5.82 Å². The molecule has 0 aliphatic carbocycles. The van der Waals surface area contributed by atoms with E-state index >= 15 is 0 Å². The number of rotatable bonds is 8. The van der Waals surface area contributed by atoms with Gasteiger partial charge in [0.1, 0.15) is 5.82 Å². The molecule has 0 aliphatic heterocycles. The van der Waals surface area contributed by atoms with Crippen molar-refractivity contribution in [2.24, 2.45) is 0 Å². The molecule has 17 heavy (non-hydrogen) atoms. The van der Waals surface area contributed by atoms with E-state index in [2.05, 4.69) is 17.2 Å². The SMILES string of the molecule is CCCCOCCNc1cccc(C(=O)O)n1. The van der Waals surface area contributed by atoms with Gasteiger partial charge < -0.3 is 15.2 Å². The quantitative estimate of drug-likeness (QED) is 0.678. The molecule has 0 amide bonds. The minimum atomic E-state index is -1.02. The summed E-state index contributed by atoms with van der Waals surface area (Å²) < 4.78 is 5.37. The second-order valence-corrected chi connectivity index (χ2v) is 3.61. The van der Waals surface area contributed by atoms with Gasteiger partial charge in [0, 0.05) is 13.2 Å². The highest BCUT2D eigenvalue weighted by Gasteiger charge is 2.04. The van der Waals surface area contributed by atoms with Gasteiger partial charge >= 0.3 is 5.97 Å². The third kappa shape index (κ3) is 5.31. The van der Waals surface area contributed by atoms with Gasteiger partial charge in [0.05, 0.1) is 6.61 Å². The smallest absolute Gasteiger partial charge is 0.354 e. The summed E-state index contributed by atoms with van der Waals surface area (Å²) in [7, 11) is 0. The first-order valence-corrected chi connectivity index (χ1v) is 5.76. The lowest BCUT2D eigenvalue weighted by Gasteiger charge is -2.06. The fourth-order valence-corrected chi connectivity index (χ4v) is 1.25. The lowest BCUT2D eigenvalue weighted by Crippen LogP contribution is -2.12. The van der Waals surface area contributed by atoms with Crippen LogP contribution in [0.2, 0.25) is 0 Å². The summed E-state index contributed by atoms with van der Waals surface area (Å²) in [6.07, 6.45) is 2.18. The molecule has 1 heterocycles. The molecule has 0 aliphatic rings. The third-order valence-electron chi connectivity index (χ3n) is 2.16. The van der Waals surface area contributed by atoms with Gasteiger partial charge in [0.15, 0.2) is 5.69 Å². The number of nitrogens with zero attached hydrogens (tertiary/aromatic N) is 1. The monoisotopic (exact) mass is 238 g/mol. The molecule has 2 N–H and O–H groups in total. The summed E-state index contributed by atoms with van der Waals surface area (Å²) in [4.78, 5) is 14.6. The highest BCUT2D eigenvalue weighted by molar-refractivity contribution is 5.85. The number of aromatic carboxylic acids is 1. The molecular formula is C12H18N2O3. The van der Waals surface area contributed by atoms with Crippen molar-refractivity contribution in [2.75, 3.05) is 25.1 Å². The van der Waals surface area contributed by atoms with Crippen LogP contribution in [-0.2, 0) is 4.74 Å². The van der Waals surface area contributed by atoms with Crippen LogP contribution in [0.3, 0.4) is 0 Å². The maximum absolute atomic E-state index is 10.7. The maximum atomic E-state index is 10.7. The van der Waals surface area contributed by atoms with E-state index in [0.717, 1.165) is 19.4 Å². The summed E-state index contributed by atoms with van der Waals surface area (Å²) >= 11 is 0. The zero-order valence-electron chi connectivity index (χ0n) is 9.98. The van der Waals surface area contributed by atoms with Crippen LogP contribution >= 0.6 is 0 Å². The van der Waals surface area contributed by atoms with Gasteiger partial charge in [-0.15, -0.1) is 0 Å². The number of carboxylic acids is 1. The molecule has 0 spiro atoms. The van der Waals surface area contributed by atoms with E-state index in [1.807, 2.05) is 0 Å². The van der Waals surface area contributed by atoms with Crippen LogP contribution in [0.5, 0.6) is 0 Å². The summed E-state index contributed by atoms with van der Waals surface area (Å²) in [5, 5.41) is 11.8. The zero-order valence-corrected chi connectivity index (χ0v) is 9.98. The van der Waals surface area contributed by atoms with Crippen LogP contribution in [-0.4, -0.2) is 35.8 Å². The Labute approximate surface area is 101 Å². The number of carbonyl (C=O) groups is 1. The van der Waals surface area contributed by atoms with Crippen LogP contribution in [0, 0.1) is 0 Å². The Balaban J connectivity index is 2.27. The van der Waals surface area contributed by atoms with Crippen molar-refractivity contribution in [3.05, 3.63) is 23.9 Å². The predicted molar refractivity (Wildman–Crippen MR) is 65.4 cm³/mol. The Morgan fingerprint density at radius 3 is 3.00 bits per heavy atom. The Kier molecular flexibility index (Phi) is 6.03. The maximum Gasteiger partial charge on any atom is 0.354 e. The van der Waals surface area contributed by atoms with E-state index in [9.17, 15) is 4.79 Å². The van der Waals surface area contributed by atoms with Crippen LogP contribution in [0.1, 0.15) is 30.3 Å². The number of aromatic nitrogens is 1. The number of pyridine rings is 1. The molecule has 5 nitrogen and oxygen atoms in total. The third-order valence-corrected chi connectivity index (χ3v) is 2.16. The van der Waals surface area contributed by atoms with Gasteiger partial charge in [0.25, 0.3) is 0 Å². The number of ether oxygens (including phenoxy) is 1. The van der Waals surface area contributed by atoms with Crippen LogP contribution < -0.4 is 5.32 Å². The minimum absolute atomic E-state index is 0.0434. The largest absolute Gasteiger partial charge is 0.477 e. The number of unbranched alkanes of at least 4 members (excludes halogenated alkanes) is 1. The first-order valence-electron chi connectivity index (χ1n) is 5.76. The van der Waals surface area contributed by atoms with Gasteiger partial charge in [-0.2, -0.15) is 0 Å². The summed E-state index contributed by atoms with van der Waals surface area (Å²) in [6.45, 7) is 4.10. The Morgan fingerprint density at radius 1 is 1.47 bits per heavy atom. The van der Waals surface area contributed by atoms with Crippen LogP contribution in [0.15, 0.2) is 18.2 Å². The molecule has 0 aromatic carbocycles. The van der Waals surface area contributed by atoms with Crippen molar-refractivity contribution in [3.63, 3.8) is 0 Å². The summed E-state index contributed by atoms with van der Waals surface area (Å²) in [6, 6.07) is 4.86. The van der Waals surface area contributed by atoms with Gasteiger partial charge in [-0.3, -0.25) is 0 Å². The molecule has 0 saturated carbocycles. The fraction of sp³-hybridized carbons (Fsp3) is 0.500. The molecule has 0 unspecified atom stereocenters. The number of hydrogen-bond donors (Lipinski definition) is 2. The molecule has 0 atom stereocenters. The summed E-state index contributed by atoms with van der Waals surface area (Å²) in [5.41, 5.74) is 0.0434. The van der Waals surface area contributed by atoms with Crippen molar-refractivity contribution in [1.29, 1.82) is 0 Å². The number of carboxylic acid groups (broad SMARTS) is 1. The number of anilines is 1. The number of hydrogen-bond acceptors (Lipinski definition) is 4. The van der Waals surface area contributed by atoms with Crippen molar-refractivity contribution in [2.45, 2.75) is 19.8 Å². The van der Waals surface area contributed by atoms with E-state index in [4.69, 9.17) is 9.84 Å². The van der Waals surface area contributed by atoms with Crippen molar-refractivity contribution in [1.82, 2.24) is 4.98 Å². The average molecular weight is 238 g/mol. The zero-order chi connectivity index (χ0) is 12.5. The van der Waals surface area contributed by atoms with Gasteiger partial charge in [0.2, 0.25) is 0 Å². The normalized spacial score (nSPS) is 10.2. The van der Waals surface area contributed by atoms with Crippen molar-refractivity contribution >= 4 is 11.8 Å². The standard InChI is InChI=1S/C12H18N2O3/c1-2-3-8-17-9-7-13-11-6-4-5-10(14-11)12(15)16/h4-6H,2-3,7-9H2,1H3,(H,13,14)(H,15,16). The second kappa shape index (κ2) is 7.62. The minimum Gasteiger partial charge on any atom is -0.477 e. The molecule has 0 saturated heterocycles. The van der Waals surface area contributed by atoms with E-state index in [0.29, 0.717) is 19.0 Å². The lowest BCUT2D eigenvalue weighted by molar-refractivity contribution is 0.0690. The highest BCUT2D eigenvalue weighted by Crippen LogP contribution is 2.04. The van der Waals surface area contributed by atoms with E-state index < -0.39 is 5.97 Å². The Bertz CT molecular complexity index is 355. The van der Waals surface area contributed by atoms with Gasteiger partial charge in [-0.1, -0.05) is 19.4 Å². The molecule has 1 aromatic rings. The Hall–Kier alpha value is -1.62. The van der Waals surface area contributed by atoms with Crippen LogP contribution in [0.25, 0.3) is 0 Å². The van der Waals surface area contributed by atoms with Crippen molar-refractivity contribution < 1.29 is 14.6 Å². The fourth-order valence-electron chi connectivity index (χ4n) is 1.25. The second-order valence-electron chi connectivity index (χ2n) is 3.61. The topological polar surface area (TPSA) is 71.5 Å². The first kappa shape index (κ1) is 13.4. The molecule has 1 aromatic heterocycles. The van der Waals surface area contributed by atoms with E-state index in [-0.39, 0.29) is 5.69 Å². The lowest BCUT2D eigenvalue weighted by atomic mass is 10.3. The molecular weight excluding hydrogens is 220 g/mol. The first-order chi connectivity index (χ1) is 8.24. The molecule has 1 rings (SSSR count). The van der Waals surface area contributed by atoms with E-state index in [1.165, 1.54) is 6.07 Å². The molecule has 5 heteroatoms. The molecule has 0 bridgehead atoms. The molecule has 0 radical (unpaired) electrons. The summed E-state index contributed by atoms with van der Waals surface area (Å²) in [5.74, 6) is -0.461. The molecule has 0 fully saturated rings. The van der Waals surface area contributed by atoms with Crippen molar-refractivity contribution in [3.8, 4) is 0 Å². The Morgan fingerprint density at radius 2 is 2.29 bits per heavy atom. The van der Waals surface area contributed by atoms with E-state index in [1.54, 1.807) is 12.1 Å². The number of nitrogens with one attached hydrogen (secondary N) is 1. The van der Waals surface area contributed by atoms with Gasteiger partial charge in [-0.25, -0.2) is 9.78 Å². The highest BCUT2D eigenvalue weighted by atomic mass is 16.5. The molecule has 94 valence electrons. The average Bonchev–Trinajstić information content (AvgIpc) is 2.34. The predicted octanol–water partition coefficient (Wildman–Crippen LogP) is 2.01. The van der Waals surface area contributed by atoms with Gasteiger partial charge in [-0.05, 0) is 18.6 Å².